The van der Waals surface area contributed by atoms with Crippen LogP contribution in [0.1, 0.15) is 21.5 Å². The Balaban J connectivity index is 2.29. The summed E-state index contributed by atoms with van der Waals surface area (Å²) in [5.41, 5.74) is -0.865. The summed E-state index contributed by atoms with van der Waals surface area (Å²) in [6.45, 7) is 1.33. The topological polar surface area (TPSA) is 66.8 Å². The van der Waals surface area contributed by atoms with Crippen LogP contribution in [0.5, 0.6) is 17.2 Å². The summed E-state index contributed by atoms with van der Waals surface area (Å²) in [6, 6.07) is 2.05. The first-order valence-electron chi connectivity index (χ1n) is 6.66. The number of rotatable bonds is 4. The van der Waals surface area contributed by atoms with Gasteiger partial charge in [-0.1, -0.05) is 0 Å². The molecule has 0 fully saturated rings. The first kappa shape index (κ1) is 17.6. The number of phenolic OH excluding ortho intramolecular Hbond substituents is 2. The van der Waals surface area contributed by atoms with Gasteiger partial charge in [-0.05, 0) is 25.5 Å². The molecule has 4 nitrogen and oxygen atoms in total. The van der Waals surface area contributed by atoms with Gasteiger partial charge in [0.1, 0.15) is 11.5 Å². The molecule has 0 radical (unpaired) electrons. The van der Waals surface area contributed by atoms with E-state index in [1.807, 2.05) is 0 Å². The second-order valence-electron chi connectivity index (χ2n) is 5.08. The number of phenols is 2. The molecular formula is C16H12F4O4. The van der Waals surface area contributed by atoms with E-state index in [1.165, 1.54) is 6.92 Å². The zero-order valence-corrected chi connectivity index (χ0v) is 12.6. The number of ketones is 1. The van der Waals surface area contributed by atoms with E-state index < -0.39 is 52.7 Å². The minimum atomic E-state index is -1.76. The molecule has 0 aromatic heterocycles. The number of carbonyl (C=O) groups excluding carboxylic acids is 1. The molecule has 0 spiro atoms. The lowest BCUT2D eigenvalue weighted by Crippen LogP contribution is -2.15. The Morgan fingerprint density at radius 3 is 2.04 bits per heavy atom. The van der Waals surface area contributed by atoms with Crippen LogP contribution in [-0.4, -0.2) is 22.6 Å². The molecule has 0 saturated heterocycles. The van der Waals surface area contributed by atoms with E-state index in [2.05, 4.69) is 4.74 Å². The van der Waals surface area contributed by atoms with Crippen molar-refractivity contribution in [2.45, 2.75) is 13.8 Å². The number of hydrogen-bond donors (Lipinski definition) is 2. The lowest BCUT2D eigenvalue weighted by atomic mass is 10.1. The Labute approximate surface area is 133 Å². The maximum absolute atomic E-state index is 13.7. The molecule has 2 N–H and O–H groups in total. The van der Waals surface area contributed by atoms with Crippen molar-refractivity contribution < 1.29 is 37.3 Å². The van der Waals surface area contributed by atoms with Gasteiger partial charge in [0.05, 0.1) is 5.56 Å². The molecule has 128 valence electrons. The SMILES string of the molecule is Cc1cc(C(=O)COc2c(F)c(F)c(C)c(F)c2F)c(O)cc1O. The molecule has 0 aliphatic rings. The van der Waals surface area contributed by atoms with Crippen LogP contribution in [0.2, 0.25) is 0 Å². The molecule has 0 aliphatic carbocycles. The van der Waals surface area contributed by atoms with Crippen molar-refractivity contribution in [1.29, 1.82) is 0 Å². The third kappa shape index (κ3) is 2.99. The van der Waals surface area contributed by atoms with E-state index in [4.69, 9.17) is 0 Å². The van der Waals surface area contributed by atoms with Crippen molar-refractivity contribution in [1.82, 2.24) is 0 Å². The van der Waals surface area contributed by atoms with Crippen LogP contribution >= 0.6 is 0 Å². The quantitative estimate of drug-likeness (QED) is 0.506. The summed E-state index contributed by atoms with van der Waals surface area (Å²) in [4.78, 5) is 12.0. The molecule has 8 heteroatoms. The van der Waals surface area contributed by atoms with E-state index in [9.17, 15) is 32.6 Å². The smallest absolute Gasteiger partial charge is 0.204 e. The number of hydrogen-bond acceptors (Lipinski definition) is 4. The van der Waals surface area contributed by atoms with Crippen LogP contribution in [0.4, 0.5) is 17.6 Å². The van der Waals surface area contributed by atoms with E-state index in [1.54, 1.807) is 0 Å². The number of Topliss-reactive ketones (excluding diaryl/α,β-unsaturated/α-hetero) is 1. The molecule has 0 atom stereocenters. The predicted octanol–water partition coefficient (Wildman–Crippen LogP) is 3.53. The van der Waals surface area contributed by atoms with E-state index >= 15 is 0 Å². The molecular weight excluding hydrogens is 332 g/mol. The summed E-state index contributed by atoms with van der Waals surface area (Å²) in [5.74, 6) is -9.87. The monoisotopic (exact) mass is 344 g/mol. The van der Waals surface area contributed by atoms with Crippen molar-refractivity contribution in [2.75, 3.05) is 6.61 Å². The summed E-state index contributed by atoms with van der Waals surface area (Å²) in [5, 5.41) is 19.0. The summed E-state index contributed by atoms with van der Waals surface area (Å²) in [6.07, 6.45) is 0. The van der Waals surface area contributed by atoms with Gasteiger partial charge in [0.15, 0.2) is 24.0 Å². The van der Waals surface area contributed by atoms with Gasteiger partial charge in [0, 0.05) is 11.6 Å². The van der Waals surface area contributed by atoms with Gasteiger partial charge in [0.25, 0.3) is 0 Å². The van der Waals surface area contributed by atoms with E-state index in [0.29, 0.717) is 0 Å². The number of halogens is 4. The van der Waals surface area contributed by atoms with Gasteiger partial charge in [-0.2, -0.15) is 8.78 Å². The third-order valence-electron chi connectivity index (χ3n) is 3.40. The molecule has 0 unspecified atom stereocenters. The van der Waals surface area contributed by atoms with Crippen molar-refractivity contribution in [2.24, 2.45) is 0 Å². The van der Waals surface area contributed by atoms with Gasteiger partial charge in [-0.3, -0.25) is 4.79 Å². The molecule has 2 aromatic rings. The van der Waals surface area contributed by atoms with E-state index in [0.717, 1.165) is 19.1 Å². The van der Waals surface area contributed by atoms with Crippen molar-refractivity contribution in [3.8, 4) is 17.2 Å². The van der Waals surface area contributed by atoms with Crippen LogP contribution < -0.4 is 4.74 Å². The molecule has 2 aromatic carbocycles. The van der Waals surface area contributed by atoms with E-state index in [-0.39, 0.29) is 16.9 Å². The molecule has 0 aliphatic heterocycles. The molecule has 0 bridgehead atoms. The van der Waals surface area contributed by atoms with Crippen LogP contribution in [0, 0.1) is 37.1 Å². The van der Waals surface area contributed by atoms with Crippen LogP contribution in [-0.2, 0) is 0 Å². The van der Waals surface area contributed by atoms with Crippen molar-refractivity contribution in [3.05, 3.63) is 52.1 Å². The fourth-order valence-electron chi connectivity index (χ4n) is 1.97. The Bertz CT molecular complexity index is 805. The van der Waals surface area contributed by atoms with Crippen LogP contribution in [0.3, 0.4) is 0 Å². The number of ether oxygens (including phenoxy) is 1. The summed E-state index contributed by atoms with van der Waals surface area (Å²) in [7, 11) is 0. The highest BCUT2D eigenvalue weighted by molar-refractivity contribution is 6.00. The fourth-order valence-corrected chi connectivity index (χ4v) is 1.97. The molecule has 0 heterocycles. The maximum atomic E-state index is 13.7. The molecule has 2 rings (SSSR count). The van der Waals surface area contributed by atoms with Crippen molar-refractivity contribution in [3.63, 3.8) is 0 Å². The first-order chi connectivity index (χ1) is 11.1. The Morgan fingerprint density at radius 2 is 1.50 bits per heavy atom. The number of aryl methyl sites for hydroxylation is 1. The average molecular weight is 344 g/mol. The minimum absolute atomic E-state index is 0.260. The maximum Gasteiger partial charge on any atom is 0.204 e. The summed E-state index contributed by atoms with van der Waals surface area (Å²) < 4.78 is 58.7. The molecule has 24 heavy (non-hydrogen) atoms. The van der Waals surface area contributed by atoms with Gasteiger partial charge in [-0.25, -0.2) is 8.78 Å². The zero-order valence-electron chi connectivity index (χ0n) is 12.6. The molecule has 0 saturated carbocycles. The number of aromatic hydroxyl groups is 2. The largest absolute Gasteiger partial charge is 0.508 e. The van der Waals surface area contributed by atoms with Crippen LogP contribution in [0.25, 0.3) is 0 Å². The second-order valence-corrected chi connectivity index (χ2v) is 5.08. The average Bonchev–Trinajstić information content (AvgIpc) is 2.54. The fraction of sp³-hybridized carbons (Fsp3) is 0.188. The van der Waals surface area contributed by atoms with Gasteiger partial charge in [0.2, 0.25) is 17.4 Å². The number of benzene rings is 2. The second kappa shape index (κ2) is 6.38. The predicted molar refractivity (Wildman–Crippen MR) is 75.3 cm³/mol. The zero-order chi connectivity index (χ0) is 18.2. The van der Waals surface area contributed by atoms with Crippen LogP contribution in [0.15, 0.2) is 12.1 Å². The Hall–Kier alpha value is -2.77. The first-order valence-corrected chi connectivity index (χ1v) is 6.66. The minimum Gasteiger partial charge on any atom is -0.508 e. The highest BCUT2D eigenvalue weighted by Crippen LogP contribution is 2.31. The highest BCUT2D eigenvalue weighted by Gasteiger charge is 2.25. The normalized spacial score (nSPS) is 10.8. The van der Waals surface area contributed by atoms with Crippen molar-refractivity contribution >= 4 is 5.78 Å². The Kier molecular flexibility index (Phi) is 4.68. The van der Waals surface area contributed by atoms with Gasteiger partial charge >= 0.3 is 0 Å². The Morgan fingerprint density at radius 1 is 0.958 bits per heavy atom. The van der Waals surface area contributed by atoms with Gasteiger partial charge in [-0.15, -0.1) is 0 Å². The highest BCUT2D eigenvalue weighted by atomic mass is 19.2. The molecule has 0 amide bonds. The summed E-state index contributed by atoms with van der Waals surface area (Å²) >= 11 is 0. The lowest BCUT2D eigenvalue weighted by molar-refractivity contribution is 0.0911. The third-order valence-corrected chi connectivity index (χ3v) is 3.40. The standard InChI is InChI=1S/C16H12F4O4/c1-6-3-8(10(22)4-9(6)21)11(23)5-24-16-14(19)12(17)7(2)13(18)15(16)20/h3-4,21-22H,5H2,1-2H3. The lowest BCUT2D eigenvalue weighted by Gasteiger charge is -2.12. The number of carbonyl (C=O) groups is 1. The van der Waals surface area contributed by atoms with Gasteiger partial charge < -0.3 is 14.9 Å².